The highest BCUT2D eigenvalue weighted by molar-refractivity contribution is 7.88. The number of nitrogens with zero attached hydrogens (tertiary/aromatic N) is 1. The smallest absolute Gasteiger partial charge is 0.208 e. The van der Waals surface area contributed by atoms with Crippen LogP contribution in [0.5, 0.6) is 0 Å². The average molecular weight is 280 g/mol. The molecule has 0 radical (unpaired) electrons. The molecule has 2 rings (SSSR count). The molecule has 0 aliphatic rings. The molecule has 7 heteroatoms. The topological polar surface area (TPSA) is 97.1 Å². The van der Waals surface area contributed by atoms with Gasteiger partial charge in [0, 0.05) is 18.5 Å². The number of sulfonamides is 1. The molecule has 19 heavy (non-hydrogen) atoms. The van der Waals surface area contributed by atoms with E-state index in [1.54, 1.807) is 6.20 Å². The third-order valence-electron chi connectivity index (χ3n) is 2.60. The van der Waals surface area contributed by atoms with Crippen molar-refractivity contribution in [3.05, 3.63) is 30.5 Å². The molecule has 0 saturated heterocycles. The molecular formula is C12H16N4O2S. The second-order valence-corrected chi connectivity index (χ2v) is 6.03. The molecule has 1 aromatic carbocycles. The number of pyridine rings is 1. The Bertz CT molecular complexity index is 685. The van der Waals surface area contributed by atoms with E-state index >= 15 is 0 Å². The molecule has 102 valence electrons. The van der Waals surface area contributed by atoms with Crippen molar-refractivity contribution < 1.29 is 8.42 Å². The van der Waals surface area contributed by atoms with Gasteiger partial charge in [-0.05, 0) is 6.07 Å². The quantitative estimate of drug-likeness (QED) is 0.703. The number of aromatic nitrogens is 1. The van der Waals surface area contributed by atoms with Gasteiger partial charge < -0.3 is 11.1 Å². The van der Waals surface area contributed by atoms with Crippen LogP contribution in [0.25, 0.3) is 10.9 Å². The van der Waals surface area contributed by atoms with Crippen LogP contribution in [0, 0.1) is 0 Å². The summed E-state index contributed by atoms with van der Waals surface area (Å²) in [5.74, 6) is 0. The first-order chi connectivity index (χ1) is 8.97. The zero-order valence-electron chi connectivity index (χ0n) is 10.6. The highest BCUT2D eigenvalue weighted by atomic mass is 32.2. The highest BCUT2D eigenvalue weighted by Crippen LogP contribution is 2.26. The molecule has 6 nitrogen and oxygen atoms in total. The molecule has 0 aliphatic heterocycles. The second kappa shape index (κ2) is 5.41. The molecular weight excluding hydrogens is 264 g/mol. The van der Waals surface area contributed by atoms with E-state index in [9.17, 15) is 8.42 Å². The number of nitrogens with two attached hydrogens (primary N) is 1. The molecule has 0 aliphatic carbocycles. The Hall–Kier alpha value is -1.86. The highest BCUT2D eigenvalue weighted by Gasteiger charge is 2.06. The standard InChI is InChI=1S/C12H16N4O2S/c1-19(17,18)16-7-6-14-12-9-4-2-3-5-11(9)15-8-10(12)13/h2-5,8,16H,6-7,13H2,1H3,(H,14,15). The fraction of sp³-hybridized carbons (Fsp3) is 0.250. The number of fused-ring (bicyclic) bond motifs is 1. The lowest BCUT2D eigenvalue weighted by molar-refractivity contribution is 0.589. The lowest BCUT2D eigenvalue weighted by atomic mass is 10.1. The van der Waals surface area contributed by atoms with Gasteiger partial charge in [-0.1, -0.05) is 18.2 Å². The van der Waals surface area contributed by atoms with Gasteiger partial charge in [-0.3, -0.25) is 4.98 Å². The summed E-state index contributed by atoms with van der Waals surface area (Å²) < 4.78 is 24.3. The number of anilines is 2. The van der Waals surface area contributed by atoms with Crippen LogP contribution in [0.2, 0.25) is 0 Å². The van der Waals surface area contributed by atoms with Gasteiger partial charge in [-0.15, -0.1) is 0 Å². The molecule has 0 atom stereocenters. The van der Waals surface area contributed by atoms with Gasteiger partial charge in [-0.2, -0.15) is 0 Å². The molecule has 0 saturated carbocycles. The summed E-state index contributed by atoms with van der Waals surface area (Å²) in [6.07, 6.45) is 2.72. The maximum atomic E-state index is 10.9. The van der Waals surface area contributed by atoms with E-state index < -0.39 is 10.0 Å². The third-order valence-corrected chi connectivity index (χ3v) is 3.32. The minimum Gasteiger partial charge on any atom is -0.396 e. The molecule has 0 unspecified atom stereocenters. The maximum Gasteiger partial charge on any atom is 0.208 e. The molecule has 1 heterocycles. The summed E-state index contributed by atoms with van der Waals surface area (Å²) in [4.78, 5) is 4.23. The van der Waals surface area contributed by atoms with Crippen molar-refractivity contribution in [2.75, 3.05) is 30.4 Å². The predicted molar refractivity (Wildman–Crippen MR) is 77.5 cm³/mol. The molecule has 4 N–H and O–H groups in total. The van der Waals surface area contributed by atoms with E-state index in [1.165, 1.54) is 0 Å². The lowest BCUT2D eigenvalue weighted by Gasteiger charge is -2.12. The van der Waals surface area contributed by atoms with Gasteiger partial charge in [-0.25, -0.2) is 13.1 Å². The third kappa shape index (κ3) is 3.55. The van der Waals surface area contributed by atoms with E-state index in [-0.39, 0.29) is 0 Å². The van der Waals surface area contributed by atoms with Crippen LogP contribution in [0.4, 0.5) is 11.4 Å². The minimum atomic E-state index is -3.16. The van der Waals surface area contributed by atoms with Gasteiger partial charge in [0.15, 0.2) is 0 Å². The van der Waals surface area contributed by atoms with Crippen molar-refractivity contribution >= 4 is 32.3 Å². The summed E-state index contributed by atoms with van der Waals surface area (Å²) in [5.41, 5.74) is 8.05. The number of benzene rings is 1. The summed E-state index contributed by atoms with van der Waals surface area (Å²) in [5, 5.41) is 4.05. The van der Waals surface area contributed by atoms with Crippen LogP contribution in [0.3, 0.4) is 0 Å². The van der Waals surface area contributed by atoms with Crippen molar-refractivity contribution in [1.82, 2.24) is 9.71 Å². The van der Waals surface area contributed by atoms with Gasteiger partial charge >= 0.3 is 0 Å². The zero-order chi connectivity index (χ0) is 13.9. The molecule has 1 aromatic heterocycles. The Morgan fingerprint density at radius 1 is 1.26 bits per heavy atom. The predicted octanol–water partition coefficient (Wildman–Crippen LogP) is 0.778. The normalized spacial score (nSPS) is 11.6. The number of nitrogen functional groups attached to an aromatic ring is 1. The van der Waals surface area contributed by atoms with Crippen LogP contribution in [-0.4, -0.2) is 32.7 Å². The Labute approximate surface area is 112 Å². The SMILES string of the molecule is CS(=O)(=O)NCCNc1c(N)cnc2ccccc12. The first-order valence-electron chi connectivity index (χ1n) is 5.79. The van der Waals surface area contributed by atoms with Crippen LogP contribution < -0.4 is 15.8 Å². The zero-order valence-corrected chi connectivity index (χ0v) is 11.4. The Morgan fingerprint density at radius 2 is 2.00 bits per heavy atom. The maximum absolute atomic E-state index is 10.9. The number of nitrogens with one attached hydrogen (secondary N) is 2. The fourth-order valence-electron chi connectivity index (χ4n) is 1.78. The first kappa shape index (κ1) is 13.6. The van der Waals surface area contributed by atoms with E-state index in [4.69, 9.17) is 5.73 Å². The number of rotatable bonds is 5. The van der Waals surface area contributed by atoms with E-state index in [2.05, 4.69) is 15.0 Å². The van der Waals surface area contributed by atoms with Crippen molar-refractivity contribution in [2.24, 2.45) is 0 Å². The Morgan fingerprint density at radius 3 is 2.74 bits per heavy atom. The van der Waals surface area contributed by atoms with E-state index in [0.29, 0.717) is 18.8 Å². The van der Waals surface area contributed by atoms with Crippen LogP contribution >= 0.6 is 0 Å². The van der Waals surface area contributed by atoms with Crippen LogP contribution in [-0.2, 0) is 10.0 Å². The number of hydrogen-bond donors (Lipinski definition) is 3. The molecule has 0 fully saturated rings. The first-order valence-corrected chi connectivity index (χ1v) is 7.68. The Kier molecular flexibility index (Phi) is 3.87. The summed E-state index contributed by atoms with van der Waals surface area (Å²) >= 11 is 0. The van der Waals surface area contributed by atoms with Crippen LogP contribution in [0.15, 0.2) is 30.5 Å². The monoisotopic (exact) mass is 280 g/mol. The van der Waals surface area contributed by atoms with Gasteiger partial charge in [0.25, 0.3) is 0 Å². The molecule has 0 bridgehead atoms. The summed E-state index contributed by atoms with van der Waals surface area (Å²) in [7, 11) is -3.16. The van der Waals surface area contributed by atoms with E-state index in [0.717, 1.165) is 22.8 Å². The Balaban J connectivity index is 2.14. The average Bonchev–Trinajstić information content (AvgIpc) is 2.35. The van der Waals surface area contributed by atoms with Gasteiger partial charge in [0.1, 0.15) is 0 Å². The van der Waals surface area contributed by atoms with Gasteiger partial charge in [0.05, 0.1) is 29.3 Å². The van der Waals surface area contributed by atoms with Crippen molar-refractivity contribution in [1.29, 1.82) is 0 Å². The van der Waals surface area contributed by atoms with Crippen molar-refractivity contribution in [2.45, 2.75) is 0 Å². The van der Waals surface area contributed by atoms with Crippen molar-refractivity contribution in [3.63, 3.8) is 0 Å². The molecule has 0 amide bonds. The van der Waals surface area contributed by atoms with Crippen molar-refractivity contribution in [3.8, 4) is 0 Å². The summed E-state index contributed by atoms with van der Waals surface area (Å²) in [6.45, 7) is 0.750. The lowest BCUT2D eigenvalue weighted by Crippen LogP contribution is -2.27. The van der Waals surface area contributed by atoms with E-state index in [1.807, 2.05) is 24.3 Å². The van der Waals surface area contributed by atoms with Crippen LogP contribution in [0.1, 0.15) is 0 Å². The van der Waals surface area contributed by atoms with Gasteiger partial charge in [0.2, 0.25) is 10.0 Å². The molecule has 0 spiro atoms. The second-order valence-electron chi connectivity index (χ2n) is 4.20. The minimum absolute atomic E-state index is 0.301. The summed E-state index contributed by atoms with van der Waals surface area (Å²) in [6, 6.07) is 7.63. The fourth-order valence-corrected chi connectivity index (χ4v) is 2.25. The number of para-hydroxylation sites is 1. The largest absolute Gasteiger partial charge is 0.396 e. The number of hydrogen-bond acceptors (Lipinski definition) is 5. The molecule has 2 aromatic rings.